The third kappa shape index (κ3) is 4.29. The van der Waals surface area contributed by atoms with E-state index in [1.807, 2.05) is 19.1 Å². The van der Waals surface area contributed by atoms with Crippen LogP contribution in [0.4, 0.5) is 11.9 Å². The van der Waals surface area contributed by atoms with Crippen molar-refractivity contribution in [2.24, 2.45) is 10.7 Å². The highest BCUT2D eigenvalue weighted by molar-refractivity contribution is 5.78. The van der Waals surface area contributed by atoms with Crippen molar-refractivity contribution < 1.29 is 0 Å². The third-order valence-corrected chi connectivity index (χ3v) is 5.13. The summed E-state index contributed by atoms with van der Waals surface area (Å²) in [5.74, 6) is 2.15. The first kappa shape index (κ1) is 18.4. The van der Waals surface area contributed by atoms with E-state index >= 15 is 0 Å². The normalized spacial score (nSPS) is 18.0. The first-order valence-electron chi connectivity index (χ1n) is 9.85. The quantitative estimate of drug-likeness (QED) is 0.614. The Bertz CT molecular complexity index is 809. The van der Waals surface area contributed by atoms with Gasteiger partial charge in [-0.25, -0.2) is 24.9 Å². The van der Waals surface area contributed by atoms with E-state index in [0.29, 0.717) is 12.5 Å². The summed E-state index contributed by atoms with van der Waals surface area (Å²) in [6, 6.07) is 3.81. The highest BCUT2D eigenvalue weighted by Crippen LogP contribution is 2.17. The Morgan fingerprint density at radius 1 is 0.964 bits per heavy atom. The Labute approximate surface area is 165 Å². The van der Waals surface area contributed by atoms with Crippen molar-refractivity contribution in [2.45, 2.75) is 26.3 Å². The average Bonchev–Trinajstić information content (AvgIpc) is 3.27. The van der Waals surface area contributed by atoms with Gasteiger partial charge in [-0.1, -0.05) is 0 Å². The molecule has 2 fully saturated rings. The molecular weight excluding hydrogens is 354 g/mol. The van der Waals surface area contributed by atoms with E-state index in [2.05, 4.69) is 34.6 Å². The molecule has 28 heavy (non-hydrogen) atoms. The average molecular weight is 381 g/mol. The second-order valence-corrected chi connectivity index (χ2v) is 7.19. The zero-order valence-electron chi connectivity index (χ0n) is 16.3. The molecule has 0 atom stereocenters. The minimum Gasteiger partial charge on any atom is -0.370 e. The predicted molar refractivity (Wildman–Crippen MR) is 109 cm³/mol. The van der Waals surface area contributed by atoms with E-state index in [1.54, 1.807) is 12.4 Å². The molecule has 0 amide bonds. The molecule has 0 bridgehead atoms. The van der Waals surface area contributed by atoms with E-state index in [-0.39, 0.29) is 0 Å². The highest BCUT2D eigenvalue weighted by Gasteiger charge is 2.20. The molecule has 2 aromatic heterocycles. The van der Waals surface area contributed by atoms with Crippen LogP contribution in [0.1, 0.15) is 24.2 Å². The van der Waals surface area contributed by atoms with E-state index in [4.69, 9.17) is 10.7 Å². The first-order chi connectivity index (χ1) is 13.7. The van der Waals surface area contributed by atoms with Crippen molar-refractivity contribution in [1.29, 1.82) is 0 Å². The Morgan fingerprint density at radius 3 is 2.36 bits per heavy atom. The zero-order valence-corrected chi connectivity index (χ0v) is 16.3. The molecule has 2 aromatic rings. The van der Waals surface area contributed by atoms with Crippen molar-refractivity contribution in [3.8, 4) is 0 Å². The molecule has 0 saturated carbocycles. The fraction of sp³-hybridized carbons (Fsp3) is 0.526. The highest BCUT2D eigenvalue weighted by atomic mass is 15.4. The molecule has 9 heteroatoms. The number of piperazine rings is 1. The van der Waals surface area contributed by atoms with Crippen LogP contribution in [0.3, 0.4) is 0 Å². The fourth-order valence-corrected chi connectivity index (χ4v) is 3.61. The zero-order chi connectivity index (χ0) is 19.3. The van der Waals surface area contributed by atoms with Crippen molar-refractivity contribution in [3.05, 3.63) is 35.9 Å². The monoisotopic (exact) mass is 381 g/mol. The Hall–Kier alpha value is -2.97. The molecular formula is C19H27N9. The number of aromatic nitrogens is 4. The summed E-state index contributed by atoms with van der Waals surface area (Å²) in [7, 11) is 0. The minimum atomic E-state index is 0.470. The van der Waals surface area contributed by atoms with Crippen molar-refractivity contribution >= 4 is 17.9 Å². The molecule has 0 spiro atoms. The topological polar surface area (TPSA) is 99.7 Å². The van der Waals surface area contributed by atoms with Crippen LogP contribution in [-0.2, 0) is 6.54 Å². The van der Waals surface area contributed by atoms with E-state index in [9.17, 15) is 0 Å². The van der Waals surface area contributed by atoms with Crippen LogP contribution in [0.2, 0.25) is 0 Å². The van der Waals surface area contributed by atoms with E-state index < -0.39 is 0 Å². The summed E-state index contributed by atoms with van der Waals surface area (Å²) in [6.07, 6.45) is 5.95. The molecule has 2 aliphatic rings. The maximum Gasteiger partial charge on any atom is 0.225 e. The first-order valence-corrected chi connectivity index (χ1v) is 9.85. The number of aliphatic imine (C=N–C) groups is 1. The maximum absolute atomic E-state index is 6.25. The van der Waals surface area contributed by atoms with Crippen LogP contribution in [0.5, 0.6) is 0 Å². The van der Waals surface area contributed by atoms with Gasteiger partial charge >= 0.3 is 0 Å². The molecule has 0 unspecified atom stereocenters. The Morgan fingerprint density at radius 2 is 1.64 bits per heavy atom. The van der Waals surface area contributed by atoms with Gasteiger partial charge in [0.05, 0.1) is 12.2 Å². The van der Waals surface area contributed by atoms with Crippen molar-refractivity contribution in [3.63, 3.8) is 0 Å². The molecule has 2 saturated heterocycles. The van der Waals surface area contributed by atoms with Crippen molar-refractivity contribution in [1.82, 2.24) is 24.8 Å². The second-order valence-electron chi connectivity index (χ2n) is 7.19. The van der Waals surface area contributed by atoms with Gasteiger partial charge in [0.1, 0.15) is 0 Å². The number of hydrogen-bond acceptors (Lipinski definition) is 7. The van der Waals surface area contributed by atoms with Gasteiger partial charge in [0.25, 0.3) is 0 Å². The van der Waals surface area contributed by atoms with Gasteiger partial charge in [0, 0.05) is 57.4 Å². The molecule has 2 aliphatic heterocycles. The Kier molecular flexibility index (Phi) is 5.50. The molecule has 4 heterocycles. The smallest absolute Gasteiger partial charge is 0.225 e. The minimum absolute atomic E-state index is 0.470. The Balaban J connectivity index is 1.36. The van der Waals surface area contributed by atoms with Gasteiger partial charge < -0.3 is 20.4 Å². The van der Waals surface area contributed by atoms with E-state index in [1.165, 1.54) is 12.8 Å². The molecule has 0 aliphatic carbocycles. The molecule has 9 nitrogen and oxygen atoms in total. The van der Waals surface area contributed by atoms with Crippen LogP contribution >= 0.6 is 0 Å². The lowest BCUT2D eigenvalue weighted by Gasteiger charge is -2.35. The summed E-state index contributed by atoms with van der Waals surface area (Å²) in [5.41, 5.74) is 8.13. The maximum atomic E-state index is 6.25. The molecule has 0 radical (unpaired) electrons. The summed E-state index contributed by atoms with van der Waals surface area (Å²) in [6.45, 7) is 7.79. The van der Waals surface area contributed by atoms with Gasteiger partial charge in [-0.15, -0.1) is 0 Å². The summed E-state index contributed by atoms with van der Waals surface area (Å²) in [5, 5.41) is 0. The number of guanidine groups is 1. The standard InChI is InChI=1S/C19H27N9/c1-15-13-16(25-19(24-15)27-7-2-3-8-27)14-23-17(20)26-9-11-28(12-10-26)18-21-5-4-6-22-18/h4-6,13H,2-3,7-12,14H2,1H3,(H2,20,23). The van der Waals surface area contributed by atoms with Gasteiger partial charge in [-0.05, 0) is 31.9 Å². The van der Waals surface area contributed by atoms with E-state index in [0.717, 1.165) is 62.6 Å². The number of rotatable bonds is 4. The van der Waals surface area contributed by atoms with Crippen LogP contribution in [0.25, 0.3) is 0 Å². The fourth-order valence-electron chi connectivity index (χ4n) is 3.61. The van der Waals surface area contributed by atoms with Crippen LogP contribution in [-0.4, -0.2) is 70.1 Å². The number of nitrogens with two attached hydrogens (primary N) is 1. The summed E-state index contributed by atoms with van der Waals surface area (Å²) in [4.78, 5) is 29.0. The molecule has 0 aromatic carbocycles. The van der Waals surface area contributed by atoms with Gasteiger partial charge in [-0.3, -0.25) is 0 Å². The lowest BCUT2D eigenvalue weighted by Crippen LogP contribution is -2.51. The van der Waals surface area contributed by atoms with Crippen molar-refractivity contribution in [2.75, 3.05) is 49.1 Å². The lowest BCUT2D eigenvalue weighted by molar-refractivity contribution is 0.378. The molecule has 4 rings (SSSR count). The van der Waals surface area contributed by atoms with Gasteiger partial charge in [0.2, 0.25) is 11.9 Å². The number of aryl methyl sites for hydroxylation is 1. The summed E-state index contributed by atoms with van der Waals surface area (Å²) >= 11 is 0. The lowest BCUT2D eigenvalue weighted by atomic mass is 10.3. The molecule has 148 valence electrons. The molecule has 2 N–H and O–H groups in total. The van der Waals surface area contributed by atoms with Crippen LogP contribution < -0.4 is 15.5 Å². The predicted octanol–water partition coefficient (Wildman–Crippen LogP) is 0.812. The second kappa shape index (κ2) is 8.37. The largest absolute Gasteiger partial charge is 0.370 e. The van der Waals surface area contributed by atoms with Crippen LogP contribution in [0.15, 0.2) is 29.5 Å². The number of nitrogens with zero attached hydrogens (tertiary/aromatic N) is 8. The van der Waals surface area contributed by atoms with Crippen LogP contribution in [0, 0.1) is 6.92 Å². The number of hydrogen-bond donors (Lipinski definition) is 1. The SMILES string of the molecule is Cc1cc(CN=C(N)N2CCN(c3ncccn3)CC2)nc(N2CCCC2)n1. The van der Waals surface area contributed by atoms with Gasteiger partial charge in [-0.2, -0.15) is 0 Å². The summed E-state index contributed by atoms with van der Waals surface area (Å²) < 4.78 is 0. The van der Waals surface area contributed by atoms with Gasteiger partial charge in [0.15, 0.2) is 5.96 Å². The number of anilines is 2. The third-order valence-electron chi connectivity index (χ3n) is 5.13.